The number of aliphatic carboxylic acids is 1. The molecule has 156 valence electrons. The lowest BCUT2D eigenvalue weighted by Crippen LogP contribution is -2.40. The van der Waals surface area contributed by atoms with Crippen molar-refractivity contribution in [1.82, 2.24) is 9.13 Å². The highest BCUT2D eigenvalue weighted by Gasteiger charge is 2.35. The topological polar surface area (TPSA) is 99.8 Å². The van der Waals surface area contributed by atoms with E-state index in [9.17, 15) is 27.6 Å². The van der Waals surface area contributed by atoms with Crippen LogP contribution in [-0.2, 0) is 22.8 Å². The monoisotopic (exact) mass is 434 g/mol. The normalized spacial score (nSPS) is 12.0. The second-order valence-corrected chi connectivity index (χ2v) is 6.01. The first-order chi connectivity index (χ1) is 13.5. The summed E-state index contributed by atoms with van der Waals surface area (Å²) in [5, 5.41) is 8.79. The number of ether oxygens (including phenoxy) is 2. The smallest absolute Gasteiger partial charge is 0.431 e. The zero-order valence-electron chi connectivity index (χ0n) is 15.0. The molecule has 8 nitrogen and oxygen atoms in total. The van der Waals surface area contributed by atoms with Gasteiger partial charge in [0, 0.05) is 19.2 Å². The summed E-state index contributed by atoms with van der Waals surface area (Å²) in [6, 6.07) is 3.97. The zero-order valence-corrected chi connectivity index (χ0v) is 15.7. The Morgan fingerprint density at radius 2 is 1.93 bits per heavy atom. The van der Waals surface area contributed by atoms with Crippen LogP contribution in [0.25, 0.3) is 5.69 Å². The number of halogens is 4. The number of alkyl halides is 3. The molecule has 1 aromatic heterocycles. The van der Waals surface area contributed by atoms with Crippen LogP contribution in [0.3, 0.4) is 0 Å². The predicted molar refractivity (Wildman–Crippen MR) is 95.5 cm³/mol. The minimum Gasteiger partial charge on any atom is -0.497 e. The van der Waals surface area contributed by atoms with E-state index in [1.807, 2.05) is 0 Å². The van der Waals surface area contributed by atoms with Gasteiger partial charge in [0.2, 0.25) is 0 Å². The van der Waals surface area contributed by atoms with Crippen LogP contribution in [0.5, 0.6) is 5.75 Å². The average Bonchev–Trinajstić information content (AvgIpc) is 2.62. The number of methoxy groups -OCH3 is 1. The lowest BCUT2D eigenvalue weighted by Gasteiger charge is -2.15. The molecule has 0 aliphatic carbocycles. The van der Waals surface area contributed by atoms with E-state index in [-0.39, 0.29) is 28.8 Å². The molecule has 0 spiro atoms. The molecule has 0 bridgehead atoms. The molecule has 0 radical (unpaired) electrons. The number of hydrogen-bond acceptors (Lipinski definition) is 5. The van der Waals surface area contributed by atoms with Crippen LogP contribution >= 0.6 is 11.6 Å². The van der Waals surface area contributed by atoms with Gasteiger partial charge in [0.15, 0.2) is 0 Å². The van der Waals surface area contributed by atoms with Crippen molar-refractivity contribution in [3.63, 3.8) is 0 Å². The lowest BCUT2D eigenvalue weighted by molar-refractivity contribution is -0.144. The van der Waals surface area contributed by atoms with Gasteiger partial charge in [-0.05, 0) is 12.1 Å². The molecule has 0 saturated heterocycles. The third-order valence-corrected chi connectivity index (χ3v) is 4.01. The van der Waals surface area contributed by atoms with Crippen molar-refractivity contribution in [3.05, 3.63) is 67.7 Å². The molecule has 2 aromatic rings. The molecule has 0 atom stereocenters. The fourth-order valence-corrected chi connectivity index (χ4v) is 2.50. The summed E-state index contributed by atoms with van der Waals surface area (Å²) in [5.41, 5.74) is -3.90. The van der Waals surface area contributed by atoms with Gasteiger partial charge < -0.3 is 14.6 Å². The fraction of sp³-hybridized carbons (Fsp3) is 0.235. The van der Waals surface area contributed by atoms with Gasteiger partial charge in [-0.25, -0.2) is 14.2 Å². The van der Waals surface area contributed by atoms with E-state index in [0.29, 0.717) is 15.2 Å². The predicted octanol–water partition coefficient (Wildman–Crippen LogP) is 2.20. The Kier molecular flexibility index (Phi) is 6.42. The molecule has 12 heteroatoms. The molecule has 0 amide bonds. The number of carbonyl (C=O) groups is 1. The first kappa shape index (κ1) is 22.1. The van der Waals surface area contributed by atoms with Crippen molar-refractivity contribution in [1.29, 1.82) is 0 Å². The van der Waals surface area contributed by atoms with E-state index in [1.54, 1.807) is 0 Å². The minimum atomic E-state index is -4.88. The Hall–Kier alpha value is -3.21. The summed E-state index contributed by atoms with van der Waals surface area (Å²) in [4.78, 5) is 35.2. The van der Waals surface area contributed by atoms with Gasteiger partial charge in [0.25, 0.3) is 5.56 Å². The molecule has 29 heavy (non-hydrogen) atoms. The third-order valence-electron chi connectivity index (χ3n) is 3.70. The van der Waals surface area contributed by atoms with Crippen LogP contribution in [0.4, 0.5) is 13.2 Å². The van der Waals surface area contributed by atoms with E-state index >= 15 is 0 Å². The van der Waals surface area contributed by atoms with E-state index in [1.165, 1.54) is 19.2 Å². The van der Waals surface area contributed by atoms with Crippen molar-refractivity contribution in [2.45, 2.75) is 6.18 Å². The summed E-state index contributed by atoms with van der Waals surface area (Å²) in [7, 11) is 2.11. The Bertz CT molecular complexity index is 1090. The number of benzene rings is 1. The van der Waals surface area contributed by atoms with E-state index < -0.39 is 29.1 Å². The van der Waals surface area contributed by atoms with Crippen molar-refractivity contribution in [3.8, 4) is 11.4 Å². The van der Waals surface area contributed by atoms with Crippen molar-refractivity contribution in [2.24, 2.45) is 7.05 Å². The van der Waals surface area contributed by atoms with E-state index in [0.717, 1.165) is 19.2 Å². The second kappa shape index (κ2) is 8.43. The number of rotatable bonds is 6. The number of carboxylic acids is 1. The van der Waals surface area contributed by atoms with E-state index in [2.05, 4.69) is 0 Å². The number of nitrogens with zero attached hydrogens (tertiary/aromatic N) is 2. The maximum atomic E-state index is 13.0. The van der Waals surface area contributed by atoms with Gasteiger partial charge >= 0.3 is 17.8 Å². The minimum absolute atomic E-state index is 0.0497. The summed E-state index contributed by atoms with van der Waals surface area (Å²) in [6.45, 7) is -0.341. The van der Waals surface area contributed by atoms with Crippen LogP contribution in [0.2, 0.25) is 5.02 Å². The SMILES string of the molecule is COC(=CC(=O)O)COc1cc(-n2c(=O)cc(C(F)(F)F)n(C)c2=O)ccc1Cl. The zero-order chi connectivity index (χ0) is 21.9. The molecular formula is C17H14ClF3N2O6. The highest BCUT2D eigenvalue weighted by atomic mass is 35.5. The Labute approximate surface area is 166 Å². The maximum absolute atomic E-state index is 13.0. The van der Waals surface area contributed by atoms with Crippen LogP contribution < -0.4 is 16.0 Å². The quantitative estimate of drug-likeness (QED) is 0.552. The molecule has 2 rings (SSSR count). The first-order valence-corrected chi connectivity index (χ1v) is 8.14. The van der Waals surface area contributed by atoms with Gasteiger partial charge in [-0.15, -0.1) is 0 Å². The molecule has 0 aliphatic heterocycles. The summed E-state index contributed by atoms with van der Waals surface area (Å²) < 4.78 is 49.9. The molecule has 0 unspecified atom stereocenters. The summed E-state index contributed by atoms with van der Waals surface area (Å²) in [5.74, 6) is -1.38. The molecular weight excluding hydrogens is 421 g/mol. The molecule has 1 heterocycles. The Balaban J connectivity index is 2.50. The largest absolute Gasteiger partial charge is 0.497 e. The van der Waals surface area contributed by atoms with Gasteiger partial charge in [0.05, 0.1) is 23.9 Å². The van der Waals surface area contributed by atoms with Crippen molar-refractivity contribution < 1.29 is 32.5 Å². The van der Waals surface area contributed by atoms with E-state index in [4.69, 9.17) is 26.2 Å². The van der Waals surface area contributed by atoms with Crippen molar-refractivity contribution >= 4 is 17.6 Å². The highest BCUT2D eigenvalue weighted by molar-refractivity contribution is 6.32. The Morgan fingerprint density at radius 1 is 1.28 bits per heavy atom. The van der Waals surface area contributed by atoms with Crippen LogP contribution in [0, 0.1) is 0 Å². The third kappa shape index (κ3) is 4.99. The summed E-state index contributed by atoms with van der Waals surface area (Å²) in [6.07, 6.45) is -4.12. The maximum Gasteiger partial charge on any atom is 0.431 e. The fourth-order valence-electron chi connectivity index (χ4n) is 2.32. The van der Waals surface area contributed by atoms with Crippen molar-refractivity contribution in [2.75, 3.05) is 13.7 Å². The molecule has 1 N–H and O–H groups in total. The standard InChI is InChI=1S/C17H14ClF3N2O6/c1-22-13(17(19,20)21)7-14(24)23(16(22)27)9-3-4-11(18)12(5-9)29-8-10(28-2)6-15(25)26/h3-7H,8H2,1-2H3,(H,25,26). The van der Waals surface area contributed by atoms with Gasteiger partial charge in [-0.3, -0.25) is 9.36 Å². The Morgan fingerprint density at radius 3 is 2.48 bits per heavy atom. The highest BCUT2D eigenvalue weighted by Crippen LogP contribution is 2.28. The summed E-state index contributed by atoms with van der Waals surface area (Å²) >= 11 is 5.99. The lowest BCUT2D eigenvalue weighted by atomic mass is 10.3. The number of carboxylic acid groups (broad SMARTS) is 1. The van der Waals surface area contributed by atoms with Crippen LogP contribution in [-0.4, -0.2) is 33.9 Å². The average molecular weight is 435 g/mol. The van der Waals surface area contributed by atoms with Gasteiger partial charge in [0.1, 0.15) is 23.8 Å². The van der Waals surface area contributed by atoms with Crippen LogP contribution in [0.1, 0.15) is 5.69 Å². The molecule has 0 aliphatic rings. The first-order valence-electron chi connectivity index (χ1n) is 7.76. The van der Waals surface area contributed by atoms with Gasteiger partial charge in [-0.2, -0.15) is 13.2 Å². The van der Waals surface area contributed by atoms with Gasteiger partial charge in [-0.1, -0.05) is 11.6 Å². The number of hydrogen-bond donors (Lipinski definition) is 1. The molecule has 0 fully saturated rings. The molecule has 1 aromatic carbocycles. The molecule has 0 saturated carbocycles. The van der Waals surface area contributed by atoms with Crippen LogP contribution in [0.15, 0.2) is 45.7 Å². The number of aromatic nitrogens is 2. The second-order valence-electron chi connectivity index (χ2n) is 5.60.